The van der Waals surface area contributed by atoms with Gasteiger partial charge in [0.2, 0.25) is 0 Å². The van der Waals surface area contributed by atoms with Crippen LogP contribution < -0.4 is 9.75 Å². The van der Waals surface area contributed by atoms with Crippen molar-refractivity contribution in [3.63, 3.8) is 0 Å². The van der Waals surface area contributed by atoms with Gasteiger partial charge < -0.3 is 4.74 Å². The Bertz CT molecular complexity index is 1100. The molecule has 1 aliphatic rings. The standard InChI is InChI=1S/C25H22N2O2/c1-18-10-6-7-12-21(18)17-29-24-15-9-8-11-20(24)16-23-19(2)26-27(25(23)28)22-13-4-3-5-14-22/h3-16H,17H2,1-2H3. The number of nitrogens with zero attached hydrogens (tertiary/aromatic N) is 2. The number of aryl methyl sites for hydroxylation is 1. The maximum absolute atomic E-state index is 13.0. The van der Waals surface area contributed by atoms with Gasteiger partial charge in [0.15, 0.2) is 0 Å². The van der Waals surface area contributed by atoms with Gasteiger partial charge in [-0.15, -0.1) is 0 Å². The molecular formula is C25H22N2O2. The van der Waals surface area contributed by atoms with Gasteiger partial charge in [-0.25, -0.2) is 0 Å². The molecule has 0 aromatic heterocycles. The van der Waals surface area contributed by atoms with E-state index in [1.165, 1.54) is 10.6 Å². The number of carbonyl (C=O) groups is 1. The van der Waals surface area contributed by atoms with Crippen LogP contribution >= 0.6 is 0 Å². The van der Waals surface area contributed by atoms with E-state index in [2.05, 4.69) is 24.2 Å². The molecule has 0 aliphatic carbocycles. The highest BCUT2D eigenvalue weighted by Gasteiger charge is 2.28. The molecule has 4 heteroatoms. The molecule has 0 bridgehead atoms. The second kappa shape index (κ2) is 8.15. The highest BCUT2D eigenvalue weighted by atomic mass is 16.5. The van der Waals surface area contributed by atoms with Gasteiger partial charge in [0.25, 0.3) is 5.91 Å². The third-order valence-corrected chi connectivity index (χ3v) is 4.93. The van der Waals surface area contributed by atoms with E-state index in [0.717, 1.165) is 22.6 Å². The van der Waals surface area contributed by atoms with Crippen molar-refractivity contribution in [1.29, 1.82) is 0 Å². The minimum atomic E-state index is -0.137. The monoisotopic (exact) mass is 382 g/mol. The van der Waals surface area contributed by atoms with Crippen LogP contribution in [0.2, 0.25) is 0 Å². The number of carbonyl (C=O) groups excluding carboxylic acids is 1. The zero-order valence-electron chi connectivity index (χ0n) is 16.5. The summed E-state index contributed by atoms with van der Waals surface area (Å²) >= 11 is 0. The summed E-state index contributed by atoms with van der Waals surface area (Å²) in [5, 5.41) is 5.89. The summed E-state index contributed by atoms with van der Waals surface area (Å²) in [5.74, 6) is 0.601. The third kappa shape index (κ3) is 3.97. The number of benzene rings is 3. The average molecular weight is 382 g/mol. The van der Waals surface area contributed by atoms with Gasteiger partial charge in [0.05, 0.1) is 17.0 Å². The molecule has 0 fully saturated rings. The number of ether oxygens (including phenoxy) is 1. The molecule has 1 amide bonds. The summed E-state index contributed by atoms with van der Waals surface area (Å²) in [5.41, 5.74) is 5.20. The quantitative estimate of drug-likeness (QED) is 0.556. The van der Waals surface area contributed by atoms with Gasteiger partial charge >= 0.3 is 0 Å². The van der Waals surface area contributed by atoms with Crippen molar-refractivity contribution >= 4 is 23.4 Å². The molecule has 29 heavy (non-hydrogen) atoms. The van der Waals surface area contributed by atoms with E-state index < -0.39 is 0 Å². The van der Waals surface area contributed by atoms with Gasteiger partial charge in [-0.1, -0.05) is 60.7 Å². The molecular weight excluding hydrogens is 360 g/mol. The van der Waals surface area contributed by atoms with Crippen molar-refractivity contribution in [2.45, 2.75) is 20.5 Å². The lowest BCUT2D eigenvalue weighted by Crippen LogP contribution is -2.21. The molecule has 144 valence electrons. The Kier molecular flexibility index (Phi) is 5.25. The fourth-order valence-electron chi connectivity index (χ4n) is 3.24. The Balaban J connectivity index is 1.60. The Morgan fingerprint density at radius 3 is 2.38 bits per heavy atom. The lowest BCUT2D eigenvalue weighted by molar-refractivity contribution is -0.114. The molecule has 0 spiro atoms. The molecule has 3 aromatic carbocycles. The predicted molar refractivity (Wildman–Crippen MR) is 117 cm³/mol. The largest absolute Gasteiger partial charge is 0.488 e. The average Bonchev–Trinajstić information content (AvgIpc) is 3.03. The molecule has 0 saturated heterocycles. The minimum Gasteiger partial charge on any atom is -0.488 e. The maximum atomic E-state index is 13.0. The summed E-state index contributed by atoms with van der Waals surface area (Å²) in [7, 11) is 0. The summed E-state index contributed by atoms with van der Waals surface area (Å²) < 4.78 is 6.09. The van der Waals surface area contributed by atoms with Crippen LogP contribution in [-0.4, -0.2) is 11.6 Å². The molecule has 0 N–H and O–H groups in total. The molecule has 3 aromatic rings. The molecule has 0 atom stereocenters. The van der Waals surface area contributed by atoms with Crippen molar-refractivity contribution in [2.75, 3.05) is 5.01 Å². The molecule has 0 unspecified atom stereocenters. The van der Waals surface area contributed by atoms with Crippen molar-refractivity contribution in [3.05, 3.63) is 101 Å². The zero-order chi connectivity index (χ0) is 20.2. The minimum absolute atomic E-state index is 0.137. The van der Waals surface area contributed by atoms with E-state index in [-0.39, 0.29) is 5.91 Å². The van der Waals surface area contributed by atoms with E-state index in [0.29, 0.717) is 17.9 Å². The highest BCUT2D eigenvalue weighted by molar-refractivity contribution is 6.32. The van der Waals surface area contributed by atoms with Crippen molar-refractivity contribution in [1.82, 2.24) is 0 Å². The second-order valence-corrected chi connectivity index (χ2v) is 6.95. The topological polar surface area (TPSA) is 41.9 Å². The lowest BCUT2D eigenvalue weighted by atomic mass is 10.1. The van der Waals surface area contributed by atoms with E-state index in [1.54, 1.807) is 0 Å². The highest BCUT2D eigenvalue weighted by Crippen LogP contribution is 2.28. The van der Waals surface area contributed by atoms with E-state index in [1.807, 2.05) is 79.7 Å². The fraction of sp³-hybridized carbons (Fsp3) is 0.120. The molecule has 4 rings (SSSR count). The first kappa shape index (κ1) is 18.7. The van der Waals surface area contributed by atoms with E-state index in [9.17, 15) is 4.79 Å². The number of rotatable bonds is 5. The molecule has 4 nitrogen and oxygen atoms in total. The van der Waals surface area contributed by atoms with E-state index >= 15 is 0 Å². The zero-order valence-corrected chi connectivity index (χ0v) is 16.5. The predicted octanol–water partition coefficient (Wildman–Crippen LogP) is 5.38. The Morgan fingerprint density at radius 2 is 1.59 bits per heavy atom. The number of anilines is 1. The SMILES string of the molecule is CC1=NN(c2ccccc2)C(=O)C1=Cc1ccccc1OCc1ccccc1C. The fourth-order valence-corrected chi connectivity index (χ4v) is 3.24. The number of para-hydroxylation sites is 2. The first-order valence-corrected chi connectivity index (χ1v) is 9.56. The van der Waals surface area contributed by atoms with Gasteiger partial charge in [-0.05, 0) is 49.2 Å². The van der Waals surface area contributed by atoms with Crippen LogP contribution in [0, 0.1) is 6.92 Å². The molecule has 0 radical (unpaired) electrons. The number of hydrazone groups is 1. The lowest BCUT2D eigenvalue weighted by Gasteiger charge is -2.12. The number of hydrogen-bond acceptors (Lipinski definition) is 3. The summed E-state index contributed by atoms with van der Waals surface area (Å²) in [6.07, 6.45) is 1.86. The Labute approximate surface area is 170 Å². The third-order valence-electron chi connectivity index (χ3n) is 4.93. The Hall–Kier alpha value is -3.66. The first-order valence-electron chi connectivity index (χ1n) is 9.56. The van der Waals surface area contributed by atoms with Crippen LogP contribution in [0.25, 0.3) is 6.08 Å². The van der Waals surface area contributed by atoms with Crippen LogP contribution in [0.1, 0.15) is 23.6 Å². The van der Waals surface area contributed by atoms with Crippen molar-refractivity contribution < 1.29 is 9.53 Å². The van der Waals surface area contributed by atoms with Crippen molar-refractivity contribution in [2.24, 2.45) is 5.10 Å². The number of amides is 1. The van der Waals surface area contributed by atoms with Crippen LogP contribution in [0.15, 0.2) is 89.5 Å². The summed E-state index contributed by atoms with van der Waals surface area (Å²) in [6, 6.07) is 25.3. The van der Waals surface area contributed by atoms with E-state index in [4.69, 9.17) is 4.74 Å². The maximum Gasteiger partial charge on any atom is 0.280 e. The molecule has 0 saturated carbocycles. The summed E-state index contributed by atoms with van der Waals surface area (Å²) in [6.45, 7) is 4.40. The molecule has 1 heterocycles. The van der Waals surface area contributed by atoms with Crippen LogP contribution in [0.5, 0.6) is 5.75 Å². The van der Waals surface area contributed by atoms with Gasteiger partial charge in [-0.2, -0.15) is 10.1 Å². The van der Waals surface area contributed by atoms with Gasteiger partial charge in [0, 0.05) is 5.56 Å². The van der Waals surface area contributed by atoms with Crippen LogP contribution in [0.3, 0.4) is 0 Å². The van der Waals surface area contributed by atoms with Crippen LogP contribution in [0.4, 0.5) is 5.69 Å². The van der Waals surface area contributed by atoms with Crippen LogP contribution in [-0.2, 0) is 11.4 Å². The van der Waals surface area contributed by atoms with Crippen molar-refractivity contribution in [3.8, 4) is 5.75 Å². The summed E-state index contributed by atoms with van der Waals surface area (Å²) in [4.78, 5) is 13.0. The number of hydrogen-bond donors (Lipinski definition) is 0. The second-order valence-electron chi connectivity index (χ2n) is 6.95. The Morgan fingerprint density at radius 1 is 0.897 bits per heavy atom. The smallest absolute Gasteiger partial charge is 0.280 e. The van der Waals surface area contributed by atoms with Gasteiger partial charge in [0.1, 0.15) is 12.4 Å². The normalized spacial score (nSPS) is 15.0. The molecule has 1 aliphatic heterocycles. The van der Waals surface area contributed by atoms with Gasteiger partial charge in [-0.3, -0.25) is 4.79 Å². The first-order chi connectivity index (χ1) is 14.1.